The van der Waals surface area contributed by atoms with E-state index in [0.29, 0.717) is 12.3 Å². The van der Waals surface area contributed by atoms with Crippen LogP contribution in [0.3, 0.4) is 0 Å². The highest BCUT2D eigenvalue weighted by Crippen LogP contribution is 2.20. The van der Waals surface area contributed by atoms with Crippen molar-refractivity contribution in [3.63, 3.8) is 0 Å². The van der Waals surface area contributed by atoms with Crippen LogP contribution in [0.5, 0.6) is 0 Å². The minimum atomic E-state index is -0.779. The molecule has 0 bridgehead atoms. The van der Waals surface area contributed by atoms with Gasteiger partial charge < -0.3 is 10.6 Å². The van der Waals surface area contributed by atoms with Crippen molar-refractivity contribution in [2.24, 2.45) is 0 Å². The molecule has 1 unspecified atom stereocenters. The van der Waals surface area contributed by atoms with Crippen molar-refractivity contribution in [2.75, 3.05) is 35.7 Å². The Hall–Kier alpha value is -1.17. The van der Waals surface area contributed by atoms with Crippen molar-refractivity contribution in [2.45, 2.75) is 26.7 Å². The SMILES string of the molecule is CCCNc1ncnc(NCCS(C)=O)c1CC. The molecule has 0 aliphatic carbocycles. The summed E-state index contributed by atoms with van der Waals surface area (Å²) in [6.07, 6.45) is 5.19. The van der Waals surface area contributed by atoms with Gasteiger partial charge in [-0.05, 0) is 12.8 Å². The maximum absolute atomic E-state index is 11.0. The summed E-state index contributed by atoms with van der Waals surface area (Å²) in [6.45, 7) is 5.78. The van der Waals surface area contributed by atoms with Crippen LogP contribution in [0.15, 0.2) is 6.33 Å². The molecular weight excluding hydrogens is 248 g/mol. The summed E-state index contributed by atoms with van der Waals surface area (Å²) in [6, 6.07) is 0. The molecule has 0 saturated heterocycles. The Morgan fingerprint density at radius 2 is 1.78 bits per heavy atom. The van der Waals surface area contributed by atoms with E-state index in [1.165, 1.54) is 0 Å². The molecular formula is C12H22N4OS. The minimum absolute atomic E-state index is 0.630. The molecule has 18 heavy (non-hydrogen) atoms. The molecule has 0 spiro atoms. The molecule has 102 valence electrons. The van der Waals surface area contributed by atoms with Gasteiger partial charge in [-0.2, -0.15) is 0 Å². The van der Waals surface area contributed by atoms with Crippen LogP contribution in [0.1, 0.15) is 25.8 Å². The van der Waals surface area contributed by atoms with Crippen molar-refractivity contribution >= 4 is 22.4 Å². The van der Waals surface area contributed by atoms with E-state index in [2.05, 4.69) is 34.4 Å². The highest BCUT2D eigenvalue weighted by molar-refractivity contribution is 7.84. The molecule has 0 fully saturated rings. The average Bonchev–Trinajstić information content (AvgIpc) is 2.36. The van der Waals surface area contributed by atoms with Gasteiger partial charge in [-0.25, -0.2) is 9.97 Å². The van der Waals surface area contributed by atoms with Crippen LogP contribution in [-0.4, -0.2) is 39.3 Å². The van der Waals surface area contributed by atoms with Crippen LogP contribution < -0.4 is 10.6 Å². The van der Waals surface area contributed by atoms with Gasteiger partial charge in [0, 0.05) is 41.5 Å². The van der Waals surface area contributed by atoms with Crippen LogP contribution >= 0.6 is 0 Å². The van der Waals surface area contributed by atoms with Crippen LogP contribution in [0.2, 0.25) is 0 Å². The molecule has 2 N–H and O–H groups in total. The van der Waals surface area contributed by atoms with Gasteiger partial charge in [0.25, 0.3) is 0 Å². The van der Waals surface area contributed by atoms with Crippen LogP contribution in [0.25, 0.3) is 0 Å². The number of aromatic nitrogens is 2. The number of anilines is 2. The second kappa shape index (κ2) is 8.02. The summed E-state index contributed by atoms with van der Waals surface area (Å²) in [5.74, 6) is 2.37. The molecule has 0 aromatic carbocycles. The summed E-state index contributed by atoms with van der Waals surface area (Å²) in [5, 5.41) is 6.53. The summed E-state index contributed by atoms with van der Waals surface area (Å²) in [5.41, 5.74) is 1.09. The van der Waals surface area contributed by atoms with E-state index >= 15 is 0 Å². The standard InChI is InChI=1S/C12H22N4OS/c1-4-6-13-11-10(5-2)12(16-9-15-11)14-7-8-18(3)17/h9H,4-8H2,1-3H3,(H2,13,14,15,16). The van der Waals surface area contributed by atoms with Crippen molar-refractivity contribution in [3.05, 3.63) is 11.9 Å². The van der Waals surface area contributed by atoms with E-state index in [9.17, 15) is 4.21 Å². The van der Waals surface area contributed by atoms with Gasteiger partial charge in [-0.3, -0.25) is 4.21 Å². The van der Waals surface area contributed by atoms with Gasteiger partial charge >= 0.3 is 0 Å². The van der Waals surface area contributed by atoms with Gasteiger partial charge in [-0.1, -0.05) is 13.8 Å². The zero-order valence-corrected chi connectivity index (χ0v) is 12.1. The first kappa shape index (κ1) is 14.9. The smallest absolute Gasteiger partial charge is 0.134 e. The molecule has 1 atom stereocenters. The summed E-state index contributed by atoms with van der Waals surface area (Å²) < 4.78 is 11.0. The predicted octanol–water partition coefficient (Wildman–Crippen LogP) is 1.65. The number of nitrogens with one attached hydrogen (secondary N) is 2. The van der Waals surface area contributed by atoms with Crippen molar-refractivity contribution in [3.8, 4) is 0 Å². The fourth-order valence-corrected chi connectivity index (χ4v) is 2.00. The molecule has 1 aromatic rings. The molecule has 6 heteroatoms. The summed E-state index contributed by atoms with van der Waals surface area (Å²) in [4.78, 5) is 8.52. The van der Waals surface area contributed by atoms with Gasteiger partial charge in [-0.15, -0.1) is 0 Å². The van der Waals surface area contributed by atoms with Gasteiger partial charge in [0.05, 0.1) is 0 Å². The Morgan fingerprint density at radius 3 is 2.28 bits per heavy atom. The lowest BCUT2D eigenvalue weighted by molar-refractivity contribution is 0.687. The van der Waals surface area contributed by atoms with E-state index < -0.39 is 10.8 Å². The van der Waals surface area contributed by atoms with E-state index in [-0.39, 0.29) is 0 Å². The fourth-order valence-electron chi connectivity index (χ4n) is 1.61. The van der Waals surface area contributed by atoms with E-state index in [0.717, 1.165) is 36.6 Å². The Bertz CT molecular complexity index is 398. The third kappa shape index (κ3) is 4.60. The van der Waals surface area contributed by atoms with Crippen LogP contribution in [-0.2, 0) is 17.2 Å². The first-order chi connectivity index (χ1) is 8.69. The number of nitrogens with zero attached hydrogens (tertiary/aromatic N) is 2. The molecule has 5 nitrogen and oxygen atoms in total. The summed E-state index contributed by atoms with van der Waals surface area (Å²) >= 11 is 0. The molecule has 1 aromatic heterocycles. The van der Waals surface area contributed by atoms with Crippen molar-refractivity contribution in [1.82, 2.24) is 9.97 Å². The van der Waals surface area contributed by atoms with Gasteiger partial charge in [0.1, 0.15) is 18.0 Å². The lowest BCUT2D eigenvalue weighted by Gasteiger charge is -2.13. The largest absolute Gasteiger partial charge is 0.370 e. The molecule has 0 radical (unpaired) electrons. The second-order valence-corrected chi connectivity index (χ2v) is 5.59. The molecule has 0 amide bonds. The first-order valence-corrected chi connectivity index (χ1v) is 8.03. The zero-order chi connectivity index (χ0) is 13.4. The van der Waals surface area contributed by atoms with Crippen molar-refractivity contribution in [1.29, 1.82) is 0 Å². The van der Waals surface area contributed by atoms with Crippen molar-refractivity contribution < 1.29 is 4.21 Å². The third-order valence-electron chi connectivity index (χ3n) is 2.52. The fraction of sp³-hybridized carbons (Fsp3) is 0.667. The molecule has 0 saturated carbocycles. The van der Waals surface area contributed by atoms with Crippen LogP contribution in [0, 0.1) is 0 Å². The Morgan fingerprint density at radius 1 is 1.17 bits per heavy atom. The first-order valence-electron chi connectivity index (χ1n) is 6.30. The average molecular weight is 270 g/mol. The number of rotatable bonds is 8. The second-order valence-electron chi connectivity index (χ2n) is 4.03. The van der Waals surface area contributed by atoms with E-state index in [1.807, 2.05) is 0 Å². The number of hydrogen-bond acceptors (Lipinski definition) is 5. The quantitative estimate of drug-likeness (QED) is 0.752. The summed E-state index contributed by atoms with van der Waals surface area (Å²) in [7, 11) is -0.779. The monoisotopic (exact) mass is 270 g/mol. The maximum Gasteiger partial charge on any atom is 0.134 e. The topological polar surface area (TPSA) is 66.9 Å². The Kier molecular flexibility index (Phi) is 6.64. The highest BCUT2D eigenvalue weighted by atomic mass is 32.2. The lowest BCUT2D eigenvalue weighted by Crippen LogP contribution is -2.14. The molecule has 0 aliphatic rings. The molecule has 1 rings (SSSR count). The molecule has 1 heterocycles. The predicted molar refractivity (Wildman–Crippen MR) is 77.6 cm³/mol. The van der Waals surface area contributed by atoms with Gasteiger partial charge in [0.2, 0.25) is 0 Å². The third-order valence-corrected chi connectivity index (χ3v) is 3.30. The van der Waals surface area contributed by atoms with E-state index in [1.54, 1.807) is 12.6 Å². The van der Waals surface area contributed by atoms with Gasteiger partial charge in [0.15, 0.2) is 0 Å². The highest BCUT2D eigenvalue weighted by Gasteiger charge is 2.08. The van der Waals surface area contributed by atoms with Crippen LogP contribution in [0.4, 0.5) is 11.6 Å². The van der Waals surface area contributed by atoms with E-state index in [4.69, 9.17) is 0 Å². The zero-order valence-electron chi connectivity index (χ0n) is 11.3. The normalized spacial score (nSPS) is 12.2. The lowest BCUT2D eigenvalue weighted by atomic mass is 10.2. The number of hydrogen-bond donors (Lipinski definition) is 2. The molecule has 0 aliphatic heterocycles. The Labute approximate surface area is 111 Å². The minimum Gasteiger partial charge on any atom is -0.370 e. The maximum atomic E-state index is 11.0. The Balaban J connectivity index is 2.73.